The summed E-state index contributed by atoms with van der Waals surface area (Å²) < 4.78 is 0. The fraction of sp³-hybridized carbons (Fsp3) is 0.500. The third-order valence-corrected chi connectivity index (χ3v) is 1.69. The molecule has 0 radical (unpaired) electrons. The molecular weight excluding hydrogens is 154 g/mol. The number of hydrogen-bond donors (Lipinski definition) is 1. The largest absolute Gasteiger partial charge is 0.292 e. The van der Waals surface area contributed by atoms with Crippen LogP contribution in [0.4, 0.5) is 0 Å². The number of nitrogens with zero attached hydrogens (tertiary/aromatic N) is 2. The maximum Gasteiger partial charge on any atom is 0.127 e. The van der Waals surface area contributed by atoms with Crippen molar-refractivity contribution in [1.29, 1.82) is 0 Å². The second-order valence-corrected chi connectivity index (χ2v) is 3.17. The fourth-order valence-electron chi connectivity index (χ4n) is 0.764. The van der Waals surface area contributed by atoms with Crippen LogP contribution >= 0.6 is 0 Å². The van der Waals surface area contributed by atoms with E-state index in [0.29, 0.717) is 0 Å². The van der Waals surface area contributed by atoms with Crippen LogP contribution in [-0.2, 0) is 10.4 Å². The second-order valence-electron chi connectivity index (χ2n) is 3.17. The third-order valence-electron chi connectivity index (χ3n) is 1.69. The highest BCUT2D eigenvalue weighted by Gasteiger charge is 2.22. The number of rotatable bonds is 2. The van der Waals surface area contributed by atoms with E-state index in [4.69, 9.17) is 10.7 Å². The van der Waals surface area contributed by atoms with E-state index < -0.39 is 5.60 Å². The molecule has 0 aliphatic rings. The molecule has 0 bridgehead atoms. The van der Waals surface area contributed by atoms with Gasteiger partial charge in [-0.15, -0.1) is 0 Å². The minimum atomic E-state index is -0.569. The van der Waals surface area contributed by atoms with E-state index in [9.17, 15) is 0 Å². The Morgan fingerprint density at radius 1 is 1.33 bits per heavy atom. The zero-order valence-electron chi connectivity index (χ0n) is 7.53. The number of aryl methyl sites for hydroxylation is 1. The van der Waals surface area contributed by atoms with Crippen molar-refractivity contribution < 1.29 is 4.84 Å². The van der Waals surface area contributed by atoms with Crippen molar-refractivity contribution in [2.45, 2.75) is 26.4 Å². The van der Waals surface area contributed by atoms with Crippen LogP contribution in [0.1, 0.15) is 25.2 Å². The molecule has 12 heavy (non-hydrogen) atoms. The Balaban J connectivity index is 2.96. The summed E-state index contributed by atoms with van der Waals surface area (Å²) in [5.41, 5.74) is 1.04. The Morgan fingerprint density at radius 3 is 2.42 bits per heavy atom. The van der Waals surface area contributed by atoms with E-state index in [0.717, 1.165) is 11.4 Å². The van der Waals surface area contributed by atoms with Crippen LogP contribution in [0.15, 0.2) is 12.4 Å². The van der Waals surface area contributed by atoms with Crippen molar-refractivity contribution >= 4 is 0 Å². The average Bonchev–Trinajstić information content (AvgIpc) is 2.05. The Labute approximate surface area is 71.7 Å². The maximum absolute atomic E-state index is 5.11. The first-order valence-corrected chi connectivity index (χ1v) is 3.73. The van der Waals surface area contributed by atoms with Crippen molar-refractivity contribution in [2.75, 3.05) is 0 Å². The molecule has 0 spiro atoms. The molecule has 4 heteroatoms. The molecule has 1 heterocycles. The monoisotopic (exact) mass is 167 g/mol. The van der Waals surface area contributed by atoms with Gasteiger partial charge in [0.05, 0.1) is 17.6 Å². The second kappa shape index (κ2) is 3.16. The molecular formula is C8H13N3O. The predicted molar refractivity (Wildman–Crippen MR) is 45.1 cm³/mol. The maximum atomic E-state index is 5.11. The number of hydrogen-bond acceptors (Lipinski definition) is 4. The molecule has 66 valence electrons. The quantitative estimate of drug-likeness (QED) is 0.665. The van der Waals surface area contributed by atoms with Gasteiger partial charge in [-0.2, -0.15) is 0 Å². The van der Waals surface area contributed by atoms with Gasteiger partial charge in [0.2, 0.25) is 0 Å². The number of nitrogens with two attached hydrogens (primary N) is 1. The van der Waals surface area contributed by atoms with Crippen LogP contribution in [0.25, 0.3) is 0 Å². The molecule has 0 unspecified atom stereocenters. The van der Waals surface area contributed by atoms with E-state index in [1.807, 2.05) is 20.8 Å². The van der Waals surface area contributed by atoms with Gasteiger partial charge in [0.1, 0.15) is 5.60 Å². The van der Waals surface area contributed by atoms with Gasteiger partial charge in [0, 0.05) is 6.20 Å². The first-order chi connectivity index (χ1) is 5.56. The van der Waals surface area contributed by atoms with Gasteiger partial charge < -0.3 is 0 Å². The molecule has 0 saturated carbocycles. The zero-order chi connectivity index (χ0) is 9.19. The molecule has 2 N–H and O–H groups in total. The minimum Gasteiger partial charge on any atom is -0.292 e. The minimum absolute atomic E-state index is 0.569. The topological polar surface area (TPSA) is 61.0 Å². The molecule has 1 aromatic rings. The van der Waals surface area contributed by atoms with Crippen LogP contribution in [0.2, 0.25) is 0 Å². The highest BCUT2D eigenvalue weighted by atomic mass is 16.6. The lowest BCUT2D eigenvalue weighted by Gasteiger charge is -2.20. The predicted octanol–water partition coefficient (Wildman–Crippen LogP) is 0.910. The van der Waals surface area contributed by atoms with Crippen LogP contribution in [0.3, 0.4) is 0 Å². The van der Waals surface area contributed by atoms with Crippen molar-refractivity contribution in [3.05, 3.63) is 23.8 Å². The Bertz CT molecular complexity index is 256. The molecule has 0 aromatic carbocycles. The van der Waals surface area contributed by atoms with Crippen LogP contribution in [0.5, 0.6) is 0 Å². The van der Waals surface area contributed by atoms with E-state index >= 15 is 0 Å². The van der Waals surface area contributed by atoms with E-state index in [1.54, 1.807) is 12.4 Å². The third kappa shape index (κ3) is 1.78. The molecule has 0 saturated heterocycles. The highest BCUT2D eigenvalue weighted by molar-refractivity contribution is 5.07. The standard InChI is InChI=1S/C8H13N3O/c1-6-4-11-7(5-10-6)8(2,3)12-9/h4-5H,9H2,1-3H3. The highest BCUT2D eigenvalue weighted by Crippen LogP contribution is 2.18. The summed E-state index contributed by atoms with van der Waals surface area (Å²) >= 11 is 0. The van der Waals surface area contributed by atoms with Gasteiger partial charge in [0.15, 0.2) is 0 Å². The molecule has 0 fully saturated rings. The van der Waals surface area contributed by atoms with E-state index in [1.165, 1.54) is 0 Å². The Kier molecular flexibility index (Phi) is 2.40. The van der Waals surface area contributed by atoms with E-state index in [2.05, 4.69) is 9.97 Å². The fourth-order valence-corrected chi connectivity index (χ4v) is 0.764. The normalized spacial score (nSPS) is 11.7. The lowest BCUT2D eigenvalue weighted by atomic mass is 10.1. The van der Waals surface area contributed by atoms with Crippen LogP contribution < -0.4 is 5.90 Å². The molecule has 0 amide bonds. The van der Waals surface area contributed by atoms with Crippen molar-refractivity contribution in [3.63, 3.8) is 0 Å². The van der Waals surface area contributed by atoms with Crippen molar-refractivity contribution in [3.8, 4) is 0 Å². The lowest BCUT2D eigenvalue weighted by molar-refractivity contribution is -0.0271. The first-order valence-electron chi connectivity index (χ1n) is 3.73. The Morgan fingerprint density at radius 2 is 2.00 bits per heavy atom. The summed E-state index contributed by atoms with van der Waals surface area (Å²) in [6.45, 7) is 5.56. The number of aromatic nitrogens is 2. The van der Waals surface area contributed by atoms with Crippen LogP contribution in [-0.4, -0.2) is 9.97 Å². The molecule has 1 rings (SSSR count). The van der Waals surface area contributed by atoms with Crippen molar-refractivity contribution in [1.82, 2.24) is 9.97 Å². The van der Waals surface area contributed by atoms with Gasteiger partial charge in [-0.3, -0.25) is 14.8 Å². The first kappa shape index (κ1) is 9.09. The Hall–Kier alpha value is -1.00. The van der Waals surface area contributed by atoms with E-state index in [-0.39, 0.29) is 0 Å². The molecule has 0 atom stereocenters. The summed E-state index contributed by atoms with van der Waals surface area (Å²) in [4.78, 5) is 13.0. The molecule has 0 aliphatic heterocycles. The lowest BCUT2D eigenvalue weighted by Crippen LogP contribution is -2.26. The van der Waals surface area contributed by atoms with Gasteiger partial charge in [0.25, 0.3) is 0 Å². The van der Waals surface area contributed by atoms with Gasteiger partial charge >= 0.3 is 0 Å². The zero-order valence-corrected chi connectivity index (χ0v) is 7.53. The van der Waals surface area contributed by atoms with Gasteiger partial charge in [-0.25, -0.2) is 5.90 Å². The SMILES string of the molecule is Cc1cnc(C(C)(C)ON)cn1. The van der Waals surface area contributed by atoms with Crippen molar-refractivity contribution in [2.24, 2.45) is 5.90 Å². The van der Waals surface area contributed by atoms with Crippen LogP contribution in [0, 0.1) is 6.92 Å². The smallest absolute Gasteiger partial charge is 0.127 e. The molecule has 1 aromatic heterocycles. The van der Waals surface area contributed by atoms with Gasteiger partial charge in [-0.1, -0.05) is 0 Å². The summed E-state index contributed by atoms with van der Waals surface area (Å²) in [5.74, 6) is 5.11. The molecule has 0 aliphatic carbocycles. The van der Waals surface area contributed by atoms with Gasteiger partial charge in [-0.05, 0) is 20.8 Å². The summed E-state index contributed by atoms with van der Waals surface area (Å²) in [6, 6.07) is 0. The summed E-state index contributed by atoms with van der Waals surface area (Å²) in [6.07, 6.45) is 3.36. The average molecular weight is 167 g/mol. The summed E-state index contributed by atoms with van der Waals surface area (Å²) in [5, 5.41) is 0. The summed E-state index contributed by atoms with van der Waals surface area (Å²) in [7, 11) is 0. The molecule has 4 nitrogen and oxygen atoms in total.